The molecule has 0 saturated carbocycles. The molecule has 0 radical (unpaired) electrons. The Balaban J connectivity index is 1.19. The average Bonchev–Trinajstić information content (AvgIpc) is 3.92. The third kappa shape index (κ3) is 4.08. The Hall–Kier alpha value is -6.68. The van der Waals surface area contributed by atoms with Gasteiger partial charge < -0.3 is 8.83 Å². The second-order valence-electron chi connectivity index (χ2n) is 13.9. The Morgan fingerprint density at radius 3 is 1.77 bits per heavy atom. The first-order chi connectivity index (χ1) is 26.3. The van der Waals surface area contributed by atoms with Crippen LogP contribution in [-0.2, 0) is 0 Å². The summed E-state index contributed by atoms with van der Waals surface area (Å²) in [4.78, 5) is 0. The quantitative estimate of drug-likeness (QED) is 0.172. The molecule has 0 amide bonds. The molecule has 0 aliphatic carbocycles. The summed E-state index contributed by atoms with van der Waals surface area (Å²) in [6.45, 7) is 0. The van der Waals surface area contributed by atoms with Crippen molar-refractivity contribution < 1.29 is 8.83 Å². The fourth-order valence-corrected chi connectivity index (χ4v) is 10.0. The Bertz CT molecular complexity index is 3390. The molecule has 0 atom stereocenters. The third-order valence-electron chi connectivity index (χ3n) is 11.1. The Morgan fingerprint density at radius 2 is 1.02 bits per heavy atom. The summed E-state index contributed by atoms with van der Waals surface area (Å²) in [5, 5.41) is 13.1. The van der Waals surface area contributed by atoms with Gasteiger partial charge in [-0.25, -0.2) is 0 Å². The Morgan fingerprint density at radius 1 is 0.377 bits per heavy atom. The van der Waals surface area contributed by atoms with E-state index in [0.717, 1.165) is 49.4 Å². The maximum Gasteiger partial charge on any atom is 0.143 e. The van der Waals surface area contributed by atoms with E-state index in [9.17, 15) is 0 Å². The summed E-state index contributed by atoms with van der Waals surface area (Å²) in [7, 11) is 0. The van der Waals surface area contributed by atoms with E-state index in [1.54, 1.807) is 0 Å². The van der Waals surface area contributed by atoms with Crippen molar-refractivity contribution >= 4 is 96.7 Å². The molecule has 0 spiro atoms. The van der Waals surface area contributed by atoms with E-state index in [1.165, 1.54) is 69.4 Å². The summed E-state index contributed by atoms with van der Waals surface area (Å²) in [6.07, 6.45) is 1.90. The lowest BCUT2D eigenvalue weighted by Gasteiger charge is -2.19. The normalized spacial score (nSPS) is 12.2. The number of hydrogen-bond donors (Lipinski definition) is 0. The van der Waals surface area contributed by atoms with E-state index in [1.807, 2.05) is 17.6 Å². The van der Waals surface area contributed by atoms with Gasteiger partial charge in [0.2, 0.25) is 0 Å². The van der Waals surface area contributed by atoms with Crippen molar-refractivity contribution in [2.24, 2.45) is 0 Å². The molecule has 0 aliphatic heterocycles. The monoisotopic (exact) mass is 692 g/mol. The van der Waals surface area contributed by atoms with Crippen LogP contribution in [0, 0.1) is 0 Å². The molecule has 53 heavy (non-hydrogen) atoms. The minimum atomic E-state index is 0.905. The van der Waals surface area contributed by atoms with Gasteiger partial charge in [-0.3, -0.25) is 0 Å². The van der Waals surface area contributed by atoms with Gasteiger partial charge in [0, 0.05) is 47.3 Å². The second-order valence-corrected chi connectivity index (χ2v) is 15.0. The predicted molar refractivity (Wildman–Crippen MR) is 225 cm³/mol. The zero-order valence-corrected chi connectivity index (χ0v) is 29.2. The van der Waals surface area contributed by atoms with Gasteiger partial charge in [-0.15, -0.1) is 11.3 Å². The van der Waals surface area contributed by atoms with Gasteiger partial charge in [-0.05, 0) is 85.1 Å². The number of para-hydroxylation sites is 1. The number of fused-ring (bicyclic) bond motifs is 11. The second kappa shape index (κ2) is 10.9. The van der Waals surface area contributed by atoms with Crippen LogP contribution in [-0.4, -0.2) is 0 Å². The molecule has 246 valence electrons. The van der Waals surface area contributed by atoms with Crippen LogP contribution in [0.5, 0.6) is 0 Å². The molecule has 9 aromatic carbocycles. The van der Waals surface area contributed by atoms with Crippen molar-refractivity contribution in [1.82, 2.24) is 0 Å². The van der Waals surface area contributed by atoms with Gasteiger partial charge in [0.1, 0.15) is 16.7 Å². The minimum Gasteiger partial charge on any atom is -0.464 e. The van der Waals surface area contributed by atoms with Crippen LogP contribution in [0.15, 0.2) is 179 Å². The maximum atomic E-state index is 6.68. The Labute approximate surface area is 307 Å². The first-order valence-corrected chi connectivity index (χ1v) is 18.8. The number of thiophene rings is 1. The van der Waals surface area contributed by atoms with E-state index in [4.69, 9.17) is 8.83 Å². The minimum absolute atomic E-state index is 0.905. The molecule has 0 aliphatic rings. The fourth-order valence-electron chi connectivity index (χ4n) is 8.86. The van der Waals surface area contributed by atoms with Crippen molar-refractivity contribution in [3.05, 3.63) is 170 Å². The largest absolute Gasteiger partial charge is 0.464 e. The molecule has 2 nitrogen and oxygen atoms in total. The first kappa shape index (κ1) is 29.0. The highest BCUT2D eigenvalue weighted by molar-refractivity contribution is 7.26. The molecule has 12 rings (SSSR count). The summed E-state index contributed by atoms with van der Waals surface area (Å²) >= 11 is 1.86. The molecule has 3 heterocycles. The van der Waals surface area contributed by atoms with E-state index in [0.29, 0.717) is 0 Å². The molecular weight excluding hydrogens is 665 g/mol. The van der Waals surface area contributed by atoms with Gasteiger partial charge in [0.25, 0.3) is 0 Å². The lowest BCUT2D eigenvalue weighted by molar-refractivity contribution is 0.617. The molecule has 0 saturated heterocycles. The van der Waals surface area contributed by atoms with Gasteiger partial charge in [0.05, 0.1) is 6.26 Å². The molecule has 12 aromatic rings. The van der Waals surface area contributed by atoms with Crippen molar-refractivity contribution in [1.29, 1.82) is 0 Å². The van der Waals surface area contributed by atoms with E-state index >= 15 is 0 Å². The van der Waals surface area contributed by atoms with Crippen LogP contribution in [0.1, 0.15) is 0 Å². The Kier molecular flexibility index (Phi) is 5.96. The summed E-state index contributed by atoms with van der Waals surface area (Å²) in [5.41, 5.74) is 9.95. The van der Waals surface area contributed by atoms with Gasteiger partial charge >= 0.3 is 0 Å². The smallest absolute Gasteiger partial charge is 0.143 e. The fraction of sp³-hybridized carbons (Fsp3) is 0. The van der Waals surface area contributed by atoms with Crippen molar-refractivity contribution in [3.63, 3.8) is 0 Å². The zero-order chi connectivity index (χ0) is 34.6. The highest BCUT2D eigenvalue weighted by Crippen LogP contribution is 2.51. The van der Waals surface area contributed by atoms with Crippen molar-refractivity contribution in [2.75, 3.05) is 0 Å². The maximum absolute atomic E-state index is 6.68. The standard InChI is InChI=1S/C50H28O2S/c1-2-13-29(14-3-1)41-28-51-43-26-39-45(27-38(41)43)53-44-24-12-22-37(48(39)44)46-32-17-6-8-19-34(32)47(35-20-9-7-18-33(35)46)40-25-30-15-4-5-16-31(30)50-49(40)36-21-10-11-23-42(36)52-50/h1-28H. The van der Waals surface area contributed by atoms with Crippen LogP contribution in [0.3, 0.4) is 0 Å². The molecule has 0 fully saturated rings. The van der Waals surface area contributed by atoms with Crippen LogP contribution in [0.2, 0.25) is 0 Å². The molecule has 0 bridgehead atoms. The van der Waals surface area contributed by atoms with Crippen LogP contribution in [0.25, 0.3) is 119 Å². The number of rotatable bonds is 3. The molecule has 3 aromatic heterocycles. The molecule has 3 heteroatoms. The van der Waals surface area contributed by atoms with E-state index in [2.05, 4.69) is 164 Å². The number of benzene rings is 9. The third-order valence-corrected chi connectivity index (χ3v) is 12.2. The lowest BCUT2D eigenvalue weighted by Crippen LogP contribution is -1.92. The van der Waals surface area contributed by atoms with Gasteiger partial charge in [-0.1, -0.05) is 133 Å². The summed E-state index contributed by atoms with van der Waals surface area (Å²) in [6, 6.07) is 59.2. The van der Waals surface area contributed by atoms with E-state index in [-0.39, 0.29) is 0 Å². The van der Waals surface area contributed by atoms with Gasteiger partial charge in [-0.2, -0.15) is 0 Å². The van der Waals surface area contributed by atoms with E-state index < -0.39 is 0 Å². The predicted octanol–water partition coefficient (Wildman–Crippen LogP) is 15.2. The van der Waals surface area contributed by atoms with Crippen LogP contribution >= 0.6 is 11.3 Å². The van der Waals surface area contributed by atoms with Crippen LogP contribution in [0.4, 0.5) is 0 Å². The SMILES string of the molecule is c1ccc(-c2coc3cc4c(cc23)sc2cccc(-c3c5ccccc5c(-c5cc6ccccc6c6oc7ccccc7c56)c5ccccc35)c24)cc1. The average molecular weight is 693 g/mol. The van der Waals surface area contributed by atoms with Crippen molar-refractivity contribution in [2.45, 2.75) is 0 Å². The highest BCUT2D eigenvalue weighted by atomic mass is 32.1. The van der Waals surface area contributed by atoms with Crippen molar-refractivity contribution in [3.8, 4) is 33.4 Å². The topological polar surface area (TPSA) is 26.3 Å². The summed E-state index contributed by atoms with van der Waals surface area (Å²) in [5.74, 6) is 0. The van der Waals surface area contributed by atoms with Gasteiger partial charge in [0.15, 0.2) is 0 Å². The zero-order valence-electron chi connectivity index (χ0n) is 28.4. The van der Waals surface area contributed by atoms with Crippen LogP contribution < -0.4 is 0 Å². The summed E-state index contributed by atoms with van der Waals surface area (Å²) < 4.78 is 15.5. The first-order valence-electron chi connectivity index (χ1n) is 18.0. The molecule has 0 unspecified atom stereocenters. The lowest BCUT2D eigenvalue weighted by atomic mass is 9.83. The highest BCUT2D eigenvalue weighted by Gasteiger charge is 2.23. The number of hydrogen-bond acceptors (Lipinski definition) is 3. The molecular formula is C50H28O2S. The molecule has 0 N–H and O–H groups in total. The number of furan rings is 2.